The molecule has 0 radical (unpaired) electrons. The molecule has 0 spiro atoms. The largest absolute Gasteiger partial charge is 0.462 e. The van der Waals surface area contributed by atoms with E-state index in [1.165, 1.54) is 154 Å². The molecule has 0 aromatic carbocycles. The molecule has 0 saturated heterocycles. The predicted molar refractivity (Wildman–Crippen MR) is 330 cm³/mol. The third-order valence-corrected chi connectivity index (χ3v) is 13.5. The molecule has 76 heavy (non-hydrogen) atoms. The van der Waals surface area contributed by atoms with Crippen LogP contribution in [0.3, 0.4) is 0 Å². The van der Waals surface area contributed by atoms with Crippen molar-refractivity contribution in [3.63, 3.8) is 0 Å². The van der Waals surface area contributed by atoms with Crippen molar-refractivity contribution in [2.24, 2.45) is 0 Å². The normalized spacial score (nSPS) is 12.8. The van der Waals surface area contributed by atoms with E-state index < -0.39 is 6.10 Å². The maximum absolute atomic E-state index is 12.9. The van der Waals surface area contributed by atoms with E-state index in [9.17, 15) is 14.4 Å². The summed E-state index contributed by atoms with van der Waals surface area (Å²) in [6.45, 7) is 6.46. The molecule has 0 rings (SSSR count). The first-order valence-corrected chi connectivity index (χ1v) is 31.9. The zero-order valence-electron chi connectivity index (χ0n) is 49.7. The van der Waals surface area contributed by atoms with Crippen LogP contribution in [0.1, 0.15) is 297 Å². The number of rotatable bonds is 57. The fourth-order valence-electron chi connectivity index (χ4n) is 8.72. The molecule has 0 aliphatic rings. The molecule has 6 nitrogen and oxygen atoms in total. The van der Waals surface area contributed by atoms with E-state index in [4.69, 9.17) is 14.2 Å². The van der Waals surface area contributed by atoms with Gasteiger partial charge in [-0.05, 0) is 122 Å². The van der Waals surface area contributed by atoms with Gasteiger partial charge in [-0.2, -0.15) is 0 Å². The maximum atomic E-state index is 12.9. The number of esters is 3. The highest BCUT2D eigenvalue weighted by Gasteiger charge is 2.19. The molecule has 434 valence electrons. The van der Waals surface area contributed by atoms with Gasteiger partial charge in [-0.25, -0.2) is 0 Å². The van der Waals surface area contributed by atoms with Crippen molar-refractivity contribution in [1.29, 1.82) is 0 Å². The van der Waals surface area contributed by atoms with Gasteiger partial charge in [0, 0.05) is 19.3 Å². The van der Waals surface area contributed by atoms with Crippen LogP contribution in [0.5, 0.6) is 0 Å². The fraction of sp³-hybridized carbons (Fsp3) is 0.700. The highest BCUT2D eigenvalue weighted by molar-refractivity contribution is 5.71. The van der Waals surface area contributed by atoms with Crippen molar-refractivity contribution < 1.29 is 28.6 Å². The second kappa shape index (κ2) is 63.6. The van der Waals surface area contributed by atoms with Crippen molar-refractivity contribution in [3.05, 3.63) is 109 Å². The van der Waals surface area contributed by atoms with Gasteiger partial charge in [0.1, 0.15) is 13.2 Å². The number of ether oxygens (including phenoxy) is 3. The van der Waals surface area contributed by atoms with Crippen molar-refractivity contribution in [1.82, 2.24) is 0 Å². The SMILES string of the molecule is CC/C=C\C/C=C\C/C=C\C/C=C\C/C=C\CCCC(=O)OCC(COC(=O)CCCCCCCCCCCCC/C=C\C/C=C\CCCCCCC)OC(=O)CCCCCCCCC/C=C\C/C=C\CCCCCC. The van der Waals surface area contributed by atoms with Gasteiger partial charge in [0.15, 0.2) is 6.10 Å². The molecular formula is C70H118O6. The summed E-state index contributed by atoms with van der Waals surface area (Å²) >= 11 is 0. The quantitative estimate of drug-likeness (QED) is 0.0261. The summed E-state index contributed by atoms with van der Waals surface area (Å²) in [6.07, 6.45) is 86.6. The summed E-state index contributed by atoms with van der Waals surface area (Å²) < 4.78 is 16.9. The summed E-state index contributed by atoms with van der Waals surface area (Å²) in [5, 5.41) is 0. The molecular weight excluding hydrogens is 937 g/mol. The molecule has 0 amide bonds. The third-order valence-electron chi connectivity index (χ3n) is 13.5. The van der Waals surface area contributed by atoms with Gasteiger partial charge in [0.2, 0.25) is 0 Å². The molecule has 0 aliphatic heterocycles. The van der Waals surface area contributed by atoms with Crippen LogP contribution >= 0.6 is 0 Å². The Labute approximate surface area is 470 Å². The first kappa shape index (κ1) is 72.1. The second-order valence-electron chi connectivity index (χ2n) is 20.9. The first-order chi connectivity index (χ1) is 37.5. The minimum absolute atomic E-state index is 0.101. The van der Waals surface area contributed by atoms with E-state index in [0.29, 0.717) is 19.3 Å². The zero-order chi connectivity index (χ0) is 55.0. The van der Waals surface area contributed by atoms with Crippen LogP contribution in [0.25, 0.3) is 0 Å². The summed E-state index contributed by atoms with van der Waals surface area (Å²) in [5.74, 6) is -0.965. The van der Waals surface area contributed by atoms with Crippen LogP contribution in [0.4, 0.5) is 0 Å². The van der Waals surface area contributed by atoms with Crippen LogP contribution in [0.2, 0.25) is 0 Å². The molecule has 0 heterocycles. The zero-order valence-corrected chi connectivity index (χ0v) is 49.7. The van der Waals surface area contributed by atoms with E-state index in [2.05, 4.69) is 130 Å². The van der Waals surface area contributed by atoms with E-state index >= 15 is 0 Å². The lowest BCUT2D eigenvalue weighted by Gasteiger charge is -2.18. The Kier molecular flexibility index (Phi) is 60.3. The fourth-order valence-corrected chi connectivity index (χ4v) is 8.72. The van der Waals surface area contributed by atoms with Gasteiger partial charge >= 0.3 is 17.9 Å². The monoisotopic (exact) mass is 1050 g/mol. The predicted octanol–water partition coefficient (Wildman–Crippen LogP) is 21.8. The minimum Gasteiger partial charge on any atom is -0.462 e. The van der Waals surface area contributed by atoms with Gasteiger partial charge in [-0.3, -0.25) is 14.4 Å². The summed E-state index contributed by atoms with van der Waals surface area (Å²) in [7, 11) is 0. The van der Waals surface area contributed by atoms with Crippen molar-refractivity contribution in [3.8, 4) is 0 Å². The van der Waals surface area contributed by atoms with E-state index in [1.54, 1.807) is 0 Å². The number of carbonyl (C=O) groups is 3. The highest BCUT2D eigenvalue weighted by atomic mass is 16.6. The Hall–Kier alpha value is -3.93. The number of allylic oxidation sites excluding steroid dienone is 18. The Bertz CT molecular complexity index is 1540. The van der Waals surface area contributed by atoms with Gasteiger partial charge in [-0.1, -0.05) is 265 Å². The number of unbranched alkanes of at least 4 members (excludes halogenated alkanes) is 28. The van der Waals surface area contributed by atoms with Crippen LogP contribution in [0.15, 0.2) is 109 Å². The first-order valence-electron chi connectivity index (χ1n) is 31.9. The number of hydrogen-bond donors (Lipinski definition) is 0. The van der Waals surface area contributed by atoms with E-state index in [-0.39, 0.29) is 37.5 Å². The molecule has 0 saturated carbocycles. The lowest BCUT2D eigenvalue weighted by atomic mass is 10.0. The standard InChI is InChI=1S/C70H118O6/c1-4-7-10-13-16-19-22-25-28-31-33-34-35-36-37-40-42-45-48-51-54-57-60-63-69(72)75-66-67(65-74-68(71)62-59-56-53-50-47-44-41-38-30-27-24-21-18-15-12-9-6-3)76-70(73)64-61-58-55-52-49-46-43-39-32-29-26-23-20-17-14-11-8-5-2/h9,12,18,20-23,25,27,29-33,41,44,50,53,67H,4-8,10-11,13-17,19,24,26,28,34-40,42-43,45-49,51-52,54-66H2,1-3H3/b12-9-,21-18-,23-20-,25-22-,30-27-,32-29-,33-31-,44-41-,53-50-. The summed E-state index contributed by atoms with van der Waals surface area (Å²) in [4.78, 5) is 38.3. The van der Waals surface area contributed by atoms with Crippen LogP contribution in [0, 0.1) is 0 Å². The lowest BCUT2D eigenvalue weighted by molar-refractivity contribution is -0.167. The molecule has 0 aromatic rings. The molecule has 0 N–H and O–H groups in total. The van der Waals surface area contributed by atoms with Crippen LogP contribution in [-0.2, 0) is 28.6 Å². The lowest BCUT2D eigenvalue weighted by Crippen LogP contribution is -2.30. The van der Waals surface area contributed by atoms with Gasteiger partial charge in [0.05, 0.1) is 0 Å². The van der Waals surface area contributed by atoms with E-state index in [1.807, 2.05) is 0 Å². The average Bonchev–Trinajstić information content (AvgIpc) is 3.42. The Morgan fingerprint density at radius 2 is 0.526 bits per heavy atom. The topological polar surface area (TPSA) is 78.9 Å². The summed E-state index contributed by atoms with van der Waals surface area (Å²) in [6, 6.07) is 0. The van der Waals surface area contributed by atoms with Gasteiger partial charge in [-0.15, -0.1) is 0 Å². The number of hydrogen-bond acceptors (Lipinski definition) is 6. The number of carbonyl (C=O) groups excluding carboxylic acids is 3. The van der Waals surface area contributed by atoms with Crippen molar-refractivity contribution in [2.75, 3.05) is 13.2 Å². The Morgan fingerprint density at radius 1 is 0.276 bits per heavy atom. The Balaban J connectivity index is 4.44. The summed E-state index contributed by atoms with van der Waals surface area (Å²) in [5.41, 5.74) is 0. The molecule has 0 bridgehead atoms. The molecule has 0 aromatic heterocycles. The van der Waals surface area contributed by atoms with Crippen molar-refractivity contribution >= 4 is 17.9 Å². The maximum Gasteiger partial charge on any atom is 0.306 e. The van der Waals surface area contributed by atoms with Gasteiger partial charge in [0.25, 0.3) is 0 Å². The molecule has 1 unspecified atom stereocenters. The minimum atomic E-state index is -0.809. The van der Waals surface area contributed by atoms with Gasteiger partial charge < -0.3 is 14.2 Å². The average molecular weight is 1060 g/mol. The molecule has 0 fully saturated rings. The van der Waals surface area contributed by atoms with E-state index in [0.717, 1.165) is 96.3 Å². The Morgan fingerprint density at radius 3 is 0.868 bits per heavy atom. The second-order valence-corrected chi connectivity index (χ2v) is 20.9. The van der Waals surface area contributed by atoms with Crippen LogP contribution in [-0.4, -0.2) is 37.2 Å². The smallest absolute Gasteiger partial charge is 0.306 e. The van der Waals surface area contributed by atoms with Crippen molar-refractivity contribution in [2.45, 2.75) is 303 Å². The molecule has 0 aliphatic carbocycles. The molecule has 1 atom stereocenters. The van der Waals surface area contributed by atoms with Crippen LogP contribution < -0.4 is 0 Å². The third kappa shape index (κ3) is 60.9. The highest BCUT2D eigenvalue weighted by Crippen LogP contribution is 2.15. The molecule has 6 heteroatoms.